The maximum atomic E-state index is 13.4. The average molecular weight is 477 g/mol. The molecule has 3 aromatic carbocycles. The van der Waals surface area contributed by atoms with Crippen LogP contribution in [0.25, 0.3) is 11.4 Å². The Morgan fingerprint density at radius 1 is 0.971 bits per heavy atom. The first-order valence-electron chi connectivity index (χ1n) is 10.7. The number of thioether (sulfide) groups is 1. The molecule has 0 fully saturated rings. The average Bonchev–Trinajstić information content (AvgIpc) is 3.26. The van der Waals surface area contributed by atoms with Gasteiger partial charge in [-0.15, -0.1) is 10.2 Å². The number of anilines is 1. The van der Waals surface area contributed by atoms with Crippen LogP contribution in [0.2, 0.25) is 0 Å². The van der Waals surface area contributed by atoms with Crippen molar-refractivity contribution >= 4 is 23.4 Å². The van der Waals surface area contributed by atoms with Gasteiger partial charge in [-0.2, -0.15) is 0 Å². The number of hydrogen-bond acceptors (Lipinski definition) is 6. The van der Waals surface area contributed by atoms with E-state index in [2.05, 4.69) is 15.5 Å². The van der Waals surface area contributed by atoms with Gasteiger partial charge in [-0.25, -0.2) is 4.39 Å². The van der Waals surface area contributed by atoms with Crippen molar-refractivity contribution in [1.82, 2.24) is 14.8 Å². The number of carbonyl (C=O) groups excluding carboxylic acids is 1. The Bertz CT molecular complexity index is 1300. The van der Waals surface area contributed by atoms with Gasteiger partial charge in [-0.3, -0.25) is 9.36 Å². The fourth-order valence-corrected chi connectivity index (χ4v) is 4.30. The number of carbonyl (C=O) groups is 1. The number of nitrogens with one attached hydrogen (secondary N) is 1. The number of amides is 1. The van der Waals surface area contributed by atoms with E-state index in [0.29, 0.717) is 47.9 Å². The molecule has 34 heavy (non-hydrogen) atoms. The SMILES string of the molecule is O=C(CSc1nnc(-c2ccc(F)cc2)n1Cc1ccccc1)Nc1ccc2c(c1)OCCO2. The van der Waals surface area contributed by atoms with E-state index in [1.807, 2.05) is 34.9 Å². The van der Waals surface area contributed by atoms with Gasteiger partial charge in [0.1, 0.15) is 19.0 Å². The van der Waals surface area contributed by atoms with E-state index in [0.717, 1.165) is 11.1 Å². The summed E-state index contributed by atoms with van der Waals surface area (Å²) in [6.45, 7) is 1.51. The second-order valence-electron chi connectivity index (χ2n) is 7.58. The maximum absolute atomic E-state index is 13.4. The van der Waals surface area contributed by atoms with Crippen molar-refractivity contribution in [3.63, 3.8) is 0 Å². The summed E-state index contributed by atoms with van der Waals surface area (Å²) in [5.41, 5.74) is 2.44. The van der Waals surface area contributed by atoms with Crippen molar-refractivity contribution in [2.45, 2.75) is 11.7 Å². The quantitative estimate of drug-likeness (QED) is 0.392. The lowest BCUT2D eigenvalue weighted by Gasteiger charge is -2.19. The number of ether oxygens (including phenoxy) is 2. The lowest BCUT2D eigenvalue weighted by atomic mass is 10.2. The third kappa shape index (κ3) is 5.04. The molecular formula is C25H21FN4O3S. The number of rotatable bonds is 7. The van der Waals surface area contributed by atoms with E-state index < -0.39 is 0 Å². The lowest BCUT2D eigenvalue weighted by molar-refractivity contribution is -0.113. The molecule has 1 amide bonds. The Morgan fingerprint density at radius 3 is 2.53 bits per heavy atom. The Hall–Kier alpha value is -3.85. The highest BCUT2D eigenvalue weighted by molar-refractivity contribution is 7.99. The van der Waals surface area contributed by atoms with Crippen LogP contribution in [0.4, 0.5) is 10.1 Å². The molecule has 7 nitrogen and oxygen atoms in total. The Kier molecular flexibility index (Phi) is 6.44. The second kappa shape index (κ2) is 9.96. The van der Waals surface area contributed by atoms with E-state index in [1.165, 1.54) is 23.9 Å². The van der Waals surface area contributed by atoms with E-state index >= 15 is 0 Å². The molecule has 4 aromatic rings. The normalized spacial score (nSPS) is 12.4. The van der Waals surface area contributed by atoms with Crippen molar-refractivity contribution in [3.05, 3.63) is 84.2 Å². The van der Waals surface area contributed by atoms with Crippen LogP contribution in [-0.2, 0) is 11.3 Å². The molecule has 0 aliphatic carbocycles. The first kappa shape index (κ1) is 22.0. The van der Waals surface area contributed by atoms with Crippen molar-refractivity contribution in [1.29, 1.82) is 0 Å². The van der Waals surface area contributed by atoms with Gasteiger partial charge < -0.3 is 14.8 Å². The Morgan fingerprint density at radius 2 is 1.74 bits per heavy atom. The summed E-state index contributed by atoms with van der Waals surface area (Å²) in [6, 6.07) is 21.3. The van der Waals surface area contributed by atoms with Gasteiger partial charge in [0, 0.05) is 17.3 Å². The van der Waals surface area contributed by atoms with Crippen LogP contribution in [0.1, 0.15) is 5.56 Å². The highest BCUT2D eigenvalue weighted by Gasteiger charge is 2.17. The number of hydrogen-bond donors (Lipinski definition) is 1. The highest BCUT2D eigenvalue weighted by Crippen LogP contribution is 2.33. The molecule has 1 aliphatic rings. The third-order valence-corrected chi connectivity index (χ3v) is 6.13. The molecule has 0 atom stereocenters. The predicted molar refractivity (Wildman–Crippen MR) is 128 cm³/mol. The number of halogens is 1. The number of fused-ring (bicyclic) bond motifs is 1. The third-order valence-electron chi connectivity index (χ3n) is 5.16. The zero-order valence-electron chi connectivity index (χ0n) is 18.1. The van der Waals surface area contributed by atoms with Gasteiger partial charge in [-0.1, -0.05) is 42.1 Å². The topological polar surface area (TPSA) is 78.3 Å². The summed E-state index contributed by atoms with van der Waals surface area (Å²) in [4.78, 5) is 12.6. The van der Waals surface area contributed by atoms with Crippen molar-refractivity contribution in [2.24, 2.45) is 0 Å². The van der Waals surface area contributed by atoms with Gasteiger partial charge in [-0.05, 0) is 42.0 Å². The fraction of sp³-hybridized carbons (Fsp3) is 0.160. The van der Waals surface area contributed by atoms with Gasteiger partial charge in [0.25, 0.3) is 0 Å². The first-order valence-corrected chi connectivity index (χ1v) is 11.7. The molecular weight excluding hydrogens is 455 g/mol. The molecule has 1 aromatic heterocycles. The predicted octanol–water partition coefficient (Wildman–Crippen LogP) is 4.63. The Balaban J connectivity index is 1.32. The van der Waals surface area contributed by atoms with E-state index in [9.17, 15) is 9.18 Å². The minimum Gasteiger partial charge on any atom is -0.486 e. The summed E-state index contributed by atoms with van der Waals surface area (Å²) in [6.07, 6.45) is 0. The van der Waals surface area contributed by atoms with Crippen LogP contribution in [0.15, 0.2) is 78.0 Å². The molecule has 0 saturated carbocycles. The molecule has 0 saturated heterocycles. The summed E-state index contributed by atoms with van der Waals surface area (Å²) in [5, 5.41) is 12.1. The minimum atomic E-state index is -0.316. The van der Waals surface area contributed by atoms with Crippen LogP contribution >= 0.6 is 11.8 Å². The van der Waals surface area contributed by atoms with Crippen molar-refractivity contribution in [3.8, 4) is 22.9 Å². The molecule has 0 unspecified atom stereocenters. The lowest BCUT2D eigenvalue weighted by Crippen LogP contribution is -2.17. The fourth-order valence-electron chi connectivity index (χ4n) is 3.56. The van der Waals surface area contributed by atoms with Crippen LogP contribution in [-0.4, -0.2) is 39.6 Å². The van der Waals surface area contributed by atoms with E-state index in [-0.39, 0.29) is 17.5 Å². The van der Waals surface area contributed by atoms with Gasteiger partial charge in [0.15, 0.2) is 22.5 Å². The molecule has 2 heterocycles. The van der Waals surface area contributed by atoms with Gasteiger partial charge in [0.2, 0.25) is 5.91 Å². The van der Waals surface area contributed by atoms with Gasteiger partial charge >= 0.3 is 0 Å². The second-order valence-corrected chi connectivity index (χ2v) is 8.52. The molecule has 5 rings (SSSR count). The molecule has 1 aliphatic heterocycles. The molecule has 0 spiro atoms. The summed E-state index contributed by atoms with van der Waals surface area (Å²) >= 11 is 1.29. The van der Waals surface area contributed by atoms with Crippen LogP contribution < -0.4 is 14.8 Å². The molecule has 0 bridgehead atoms. The zero-order valence-corrected chi connectivity index (χ0v) is 18.9. The molecule has 0 radical (unpaired) electrons. The molecule has 172 valence electrons. The number of nitrogens with zero attached hydrogens (tertiary/aromatic N) is 3. The van der Waals surface area contributed by atoms with Crippen LogP contribution in [0, 0.1) is 5.82 Å². The molecule has 9 heteroatoms. The first-order chi connectivity index (χ1) is 16.7. The monoisotopic (exact) mass is 476 g/mol. The van der Waals surface area contributed by atoms with Crippen LogP contribution in [0.5, 0.6) is 11.5 Å². The van der Waals surface area contributed by atoms with E-state index in [4.69, 9.17) is 9.47 Å². The van der Waals surface area contributed by atoms with Crippen molar-refractivity contribution < 1.29 is 18.7 Å². The summed E-state index contributed by atoms with van der Waals surface area (Å²) in [7, 11) is 0. The largest absolute Gasteiger partial charge is 0.486 e. The van der Waals surface area contributed by atoms with E-state index in [1.54, 1.807) is 30.3 Å². The molecule has 1 N–H and O–H groups in total. The Labute approximate surface area is 199 Å². The minimum absolute atomic E-state index is 0.144. The van der Waals surface area contributed by atoms with Crippen molar-refractivity contribution in [2.75, 3.05) is 24.3 Å². The zero-order chi connectivity index (χ0) is 23.3. The maximum Gasteiger partial charge on any atom is 0.234 e. The van der Waals surface area contributed by atoms with Crippen LogP contribution in [0.3, 0.4) is 0 Å². The number of aromatic nitrogens is 3. The smallest absolute Gasteiger partial charge is 0.234 e. The van der Waals surface area contributed by atoms with Gasteiger partial charge in [0.05, 0.1) is 12.3 Å². The summed E-state index contributed by atoms with van der Waals surface area (Å²) in [5.74, 6) is 1.54. The standard InChI is InChI=1S/C25H21FN4O3S/c26-19-8-6-18(7-9-19)24-28-29-25(30(24)15-17-4-2-1-3-5-17)34-16-23(31)27-20-10-11-21-22(14-20)33-13-12-32-21/h1-11,14H,12-13,15-16H2,(H,27,31). The summed E-state index contributed by atoms with van der Waals surface area (Å²) < 4.78 is 26.5. The highest BCUT2D eigenvalue weighted by atomic mass is 32.2. The number of benzene rings is 3.